The van der Waals surface area contributed by atoms with Crippen molar-refractivity contribution in [2.45, 2.75) is 39.2 Å². The highest BCUT2D eigenvalue weighted by Crippen LogP contribution is 2.21. The van der Waals surface area contributed by atoms with Gasteiger partial charge in [0.25, 0.3) is 0 Å². The molecule has 0 bridgehead atoms. The smallest absolute Gasteiger partial charge is 0.239 e. The molecule has 1 amide bonds. The maximum atomic E-state index is 12.0. The Bertz CT molecular complexity index is 233. The van der Waals surface area contributed by atoms with Crippen LogP contribution in [-0.4, -0.2) is 41.7 Å². The number of aliphatic hydroxyl groups is 1. The number of nitrogens with zero attached hydrogens (tertiary/aromatic N) is 1. The minimum atomic E-state index is -0.363. The molecule has 0 aromatic carbocycles. The van der Waals surface area contributed by atoms with Crippen LogP contribution in [0, 0.1) is 11.8 Å². The number of amides is 1. The average Bonchev–Trinajstić information content (AvgIpc) is 2.75. The lowest BCUT2D eigenvalue weighted by Gasteiger charge is -2.24. The van der Waals surface area contributed by atoms with Gasteiger partial charge in [-0.05, 0) is 24.7 Å². The summed E-state index contributed by atoms with van der Waals surface area (Å²) in [5.41, 5.74) is 5.93. The van der Waals surface area contributed by atoms with Gasteiger partial charge < -0.3 is 15.7 Å². The van der Waals surface area contributed by atoms with Crippen LogP contribution in [-0.2, 0) is 4.79 Å². The number of hydrogen-bond donors (Lipinski definition) is 2. The van der Waals surface area contributed by atoms with Gasteiger partial charge in [0.15, 0.2) is 0 Å². The van der Waals surface area contributed by atoms with E-state index in [1.54, 1.807) is 0 Å². The largest absolute Gasteiger partial charge is 0.396 e. The first kappa shape index (κ1) is 13.5. The van der Waals surface area contributed by atoms with Gasteiger partial charge in [0.1, 0.15) is 0 Å². The van der Waals surface area contributed by atoms with Crippen molar-refractivity contribution in [2.75, 3.05) is 19.7 Å². The van der Waals surface area contributed by atoms with Crippen molar-refractivity contribution in [2.24, 2.45) is 17.6 Å². The van der Waals surface area contributed by atoms with Crippen LogP contribution in [0.1, 0.15) is 33.1 Å². The lowest BCUT2D eigenvalue weighted by Crippen LogP contribution is -2.46. The van der Waals surface area contributed by atoms with Crippen LogP contribution in [0.25, 0.3) is 0 Å². The number of carbonyl (C=O) groups excluding carboxylic acids is 1. The Labute approximate surface area is 97.8 Å². The molecular formula is C12H24N2O2. The van der Waals surface area contributed by atoms with Gasteiger partial charge in [-0.3, -0.25) is 4.79 Å². The lowest BCUT2D eigenvalue weighted by atomic mass is 9.99. The maximum Gasteiger partial charge on any atom is 0.239 e. The molecule has 0 aromatic rings. The molecule has 1 aliphatic heterocycles. The molecule has 0 radical (unpaired) electrons. The molecule has 4 heteroatoms. The van der Waals surface area contributed by atoms with Crippen LogP contribution in [0.15, 0.2) is 0 Å². The summed E-state index contributed by atoms with van der Waals surface area (Å²) in [4.78, 5) is 13.9. The van der Waals surface area contributed by atoms with Gasteiger partial charge in [0, 0.05) is 19.7 Å². The van der Waals surface area contributed by atoms with Crippen molar-refractivity contribution < 1.29 is 9.90 Å². The predicted molar refractivity (Wildman–Crippen MR) is 63.8 cm³/mol. The quantitative estimate of drug-likeness (QED) is 0.724. The van der Waals surface area contributed by atoms with Gasteiger partial charge in [-0.1, -0.05) is 20.3 Å². The van der Waals surface area contributed by atoms with E-state index >= 15 is 0 Å². The predicted octanol–water partition coefficient (Wildman–Crippen LogP) is 0.591. The summed E-state index contributed by atoms with van der Waals surface area (Å²) in [6, 6.07) is -0.363. The topological polar surface area (TPSA) is 66.6 Å². The SMILES string of the molecule is CCC(C)C(N)C(=O)N1CCC(CCO)C1. The third-order valence-electron chi connectivity index (χ3n) is 3.68. The van der Waals surface area contributed by atoms with Crippen molar-refractivity contribution in [1.29, 1.82) is 0 Å². The lowest BCUT2D eigenvalue weighted by molar-refractivity contribution is -0.132. The van der Waals surface area contributed by atoms with E-state index < -0.39 is 0 Å². The van der Waals surface area contributed by atoms with Crippen LogP contribution in [0.4, 0.5) is 0 Å². The average molecular weight is 228 g/mol. The van der Waals surface area contributed by atoms with Gasteiger partial charge in [0.2, 0.25) is 5.91 Å². The molecule has 1 heterocycles. The van der Waals surface area contributed by atoms with Crippen LogP contribution in [0.3, 0.4) is 0 Å². The standard InChI is InChI=1S/C12H24N2O2/c1-3-9(2)11(13)12(16)14-6-4-10(8-14)5-7-15/h9-11,15H,3-8,13H2,1-2H3. The van der Waals surface area contributed by atoms with E-state index in [2.05, 4.69) is 6.92 Å². The highest BCUT2D eigenvalue weighted by Gasteiger charge is 2.30. The van der Waals surface area contributed by atoms with Gasteiger partial charge in [0.05, 0.1) is 6.04 Å². The van der Waals surface area contributed by atoms with Gasteiger partial charge in [-0.15, -0.1) is 0 Å². The highest BCUT2D eigenvalue weighted by atomic mass is 16.3. The Kier molecular flexibility index (Phi) is 5.22. The number of hydrogen-bond acceptors (Lipinski definition) is 3. The summed E-state index contributed by atoms with van der Waals surface area (Å²) in [5, 5.41) is 8.86. The van der Waals surface area contributed by atoms with Gasteiger partial charge >= 0.3 is 0 Å². The van der Waals surface area contributed by atoms with Crippen molar-refractivity contribution in [3.63, 3.8) is 0 Å². The zero-order valence-electron chi connectivity index (χ0n) is 10.4. The second kappa shape index (κ2) is 6.21. The molecule has 0 spiro atoms. The fourth-order valence-electron chi connectivity index (χ4n) is 2.16. The van der Waals surface area contributed by atoms with E-state index in [0.717, 1.165) is 32.4 Å². The van der Waals surface area contributed by atoms with E-state index in [0.29, 0.717) is 5.92 Å². The van der Waals surface area contributed by atoms with Crippen LogP contribution in [0.2, 0.25) is 0 Å². The fourth-order valence-corrected chi connectivity index (χ4v) is 2.16. The third kappa shape index (κ3) is 3.19. The molecule has 4 nitrogen and oxygen atoms in total. The van der Waals surface area contributed by atoms with Crippen molar-refractivity contribution in [3.05, 3.63) is 0 Å². The molecule has 1 fully saturated rings. The Hall–Kier alpha value is -0.610. The minimum Gasteiger partial charge on any atom is -0.396 e. The van der Waals surface area contributed by atoms with E-state index in [4.69, 9.17) is 10.8 Å². The van der Waals surface area contributed by atoms with Gasteiger partial charge in [-0.25, -0.2) is 0 Å². The van der Waals surface area contributed by atoms with Crippen molar-refractivity contribution >= 4 is 5.91 Å². The molecule has 94 valence electrons. The molecule has 0 saturated carbocycles. The molecule has 16 heavy (non-hydrogen) atoms. The van der Waals surface area contributed by atoms with E-state index in [1.165, 1.54) is 0 Å². The van der Waals surface area contributed by atoms with E-state index in [1.807, 2.05) is 11.8 Å². The number of likely N-dealkylation sites (tertiary alicyclic amines) is 1. The Balaban J connectivity index is 2.44. The van der Waals surface area contributed by atoms with Crippen molar-refractivity contribution in [1.82, 2.24) is 4.90 Å². The van der Waals surface area contributed by atoms with Crippen molar-refractivity contribution in [3.8, 4) is 0 Å². The normalized spacial score (nSPS) is 24.5. The summed E-state index contributed by atoms with van der Waals surface area (Å²) in [7, 11) is 0. The fraction of sp³-hybridized carbons (Fsp3) is 0.917. The summed E-state index contributed by atoms with van der Waals surface area (Å²) in [6.07, 6.45) is 2.72. The summed E-state index contributed by atoms with van der Waals surface area (Å²) < 4.78 is 0. The Morgan fingerprint density at radius 3 is 2.88 bits per heavy atom. The van der Waals surface area contributed by atoms with Crippen LogP contribution >= 0.6 is 0 Å². The molecule has 3 N–H and O–H groups in total. The number of nitrogens with two attached hydrogens (primary N) is 1. The first-order valence-electron chi connectivity index (χ1n) is 6.25. The zero-order chi connectivity index (χ0) is 12.1. The summed E-state index contributed by atoms with van der Waals surface area (Å²) >= 11 is 0. The minimum absolute atomic E-state index is 0.0785. The number of aliphatic hydroxyl groups excluding tert-OH is 1. The summed E-state index contributed by atoms with van der Waals surface area (Å²) in [6.45, 7) is 5.85. The van der Waals surface area contributed by atoms with E-state index in [-0.39, 0.29) is 24.5 Å². The number of carbonyl (C=O) groups is 1. The molecule has 1 rings (SSSR count). The Morgan fingerprint density at radius 1 is 1.62 bits per heavy atom. The zero-order valence-corrected chi connectivity index (χ0v) is 10.4. The second-order valence-corrected chi connectivity index (χ2v) is 4.86. The maximum absolute atomic E-state index is 12.0. The van der Waals surface area contributed by atoms with Crippen LogP contribution in [0.5, 0.6) is 0 Å². The van der Waals surface area contributed by atoms with E-state index in [9.17, 15) is 4.79 Å². The molecule has 0 aliphatic carbocycles. The van der Waals surface area contributed by atoms with Crippen LogP contribution < -0.4 is 5.73 Å². The first-order valence-corrected chi connectivity index (χ1v) is 6.25. The molecule has 3 unspecified atom stereocenters. The third-order valence-corrected chi connectivity index (χ3v) is 3.68. The summed E-state index contributed by atoms with van der Waals surface area (Å²) in [5.74, 6) is 0.775. The molecule has 1 saturated heterocycles. The number of rotatable bonds is 5. The molecule has 0 aromatic heterocycles. The molecular weight excluding hydrogens is 204 g/mol. The highest BCUT2D eigenvalue weighted by molar-refractivity contribution is 5.82. The monoisotopic (exact) mass is 228 g/mol. The second-order valence-electron chi connectivity index (χ2n) is 4.86. The first-order chi connectivity index (χ1) is 7.60. The molecule has 1 aliphatic rings. The van der Waals surface area contributed by atoms with Gasteiger partial charge in [-0.2, -0.15) is 0 Å². The Morgan fingerprint density at radius 2 is 2.31 bits per heavy atom. The molecule has 3 atom stereocenters.